The molecule has 1 unspecified atom stereocenters. The Labute approximate surface area is 132 Å². The molecule has 0 spiro atoms. The number of halogens is 1. The fourth-order valence-electron chi connectivity index (χ4n) is 1.90. The average molecular weight is 320 g/mol. The molecule has 0 aliphatic rings. The lowest BCUT2D eigenvalue weighted by Crippen LogP contribution is -2.38. The first-order valence-corrected chi connectivity index (χ1v) is 7.56. The molecule has 0 aliphatic carbocycles. The summed E-state index contributed by atoms with van der Waals surface area (Å²) >= 11 is 1.60. The second kappa shape index (κ2) is 7.20. The van der Waals surface area contributed by atoms with E-state index in [9.17, 15) is 14.4 Å². The van der Waals surface area contributed by atoms with Crippen LogP contribution in [0.3, 0.4) is 0 Å². The number of hydrogen-bond donors (Lipinski definition) is 2. The fraction of sp³-hybridized carbons (Fsp3) is 0.188. The van der Waals surface area contributed by atoms with Crippen molar-refractivity contribution in [1.29, 1.82) is 0 Å². The number of benzene rings is 1. The van der Waals surface area contributed by atoms with E-state index in [2.05, 4.69) is 0 Å². The molecule has 2 amide bonds. The van der Waals surface area contributed by atoms with E-state index in [1.165, 1.54) is 12.1 Å². The topological polar surface area (TPSA) is 66.6 Å². The van der Waals surface area contributed by atoms with Gasteiger partial charge in [0.25, 0.3) is 0 Å². The minimum absolute atomic E-state index is 0.240. The van der Waals surface area contributed by atoms with Gasteiger partial charge >= 0.3 is 6.03 Å². The molecule has 0 bridgehead atoms. The van der Waals surface area contributed by atoms with E-state index >= 15 is 0 Å². The van der Waals surface area contributed by atoms with Crippen molar-refractivity contribution >= 4 is 23.4 Å². The van der Waals surface area contributed by atoms with Gasteiger partial charge in [-0.1, -0.05) is 18.2 Å². The highest BCUT2D eigenvalue weighted by molar-refractivity contribution is 7.12. The number of rotatable bonds is 5. The number of amides is 2. The minimum atomic E-state index is -0.889. The Morgan fingerprint density at radius 2 is 2.05 bits per heavy atom. The lowest BCUT2D eigenvalue weighted by atomic mass is 10.1. The second-order valence-electron chi connectivity index (χ2n) is 4.89. The zero-order chi connectivity index (χ0) is 16.1. The van der Waals surface area contributed by atoms with Crippen molar-refractivity contribution < 1.29 is 14.4 Å². The van der Waals surface area contributed by atoms with Gasteiger partial charge in [0, 0.05) is 16.2 Å². The first-order chi connectivity index (χ1) is 10.5. The maximum atomic E-state index is 12.9. The number of hydroxylamine groups is 2. The van der Waals surface area contributed by atoms with E-state index in [0.29, 0.717) is 5.06 Å². The van der Waals surface area contributed by atoms with Gasteiger partial charge in [-0.3, -0.25) is 5.21 Å². The lowest BCUT2D eigenvalue weighted by Gasteiger charge is -2.16. The second-order valence-corrected chi connectivity index (χ2v) is 6.09. The summed E-state index contributed by atoms with van der Waals surface area (Å²) in [4.78, 5) is 13.0. The first-order valence-electron chi connectivity index (χ1n) is 6.74. The molecular weight excluding hydrogens is 303 g/mol. The summed E-state index contributed by atoms with van der Waals surface area (Å²) in [6.07, 6.45) is 4.26. The smallest absolute Gasteiger partial charge is 0.339 e. The van der Waals surface area contributed by atoms with Gasteiger partial charge in [-0.05, 0) is 42.8 Å². The van der Waals surface area contributed by atoms with E-state index in [0.717, 1.165) is 21.7 Å². The predicted molar refractivity (Wildman–Crippen MR) is 85.2 cm³/mol. The summed E-state index contributed by atoms with van der Waals surface area (Å²) in [5, 5.41) is 9.85. The minimum Gasteiger partial charge on any atom is -0.350 e. The van der Waals surface area contributed by atoms with Crippen molar-refractivity contribution in [2.24, 2.45) is 5.73 Å². The Morgan fingerprint density at radius 3 is 2.68 bits per heavy atom. The quantitative estimate of drug-likeness (QED) is 0.652. The molecule has 22 heavy (non-hydrogen) atoms. The van der Waals surface area contributed by atoms with Gasteiger partial charge in [-0.2, -0.15) is 5.06 Å². The van der Waals surface area contributed by atoms with Crippen molar-refractivity contribution in [2.45, 2.75) is 19.4 Å². The van der Waals surface area contributed by atoms with E-state index in [1.807, 2.05) is 18.2 Å². The Hall–Kier alpha value is -2.18. The Kier molecular flexibility index (Phi) is 5.30. The fourth-order valence-corrected chi connectivity index (χ4v) is 2.86. The molecule has 4 nitrogen and oxygen atoms in total. The van der Waals surface area contributed by atoms with Crippen LogP contribution in [0.4, 0.5) is 9.18 Å². The van der Waals surface area contributed by atoms with Crippen LogP contribution in [0.2, 0.25) is 0 Å². The molecule has 1 heterocycles. The van der Waals surface area contributed by atoms with Crippen LogP contribution in [0.5, 0.6) is 0 Å². The van der Waals surface area contributed by atoms with Crippen LogP contribution in [-0.2, 0) is 6.42 Å². The normalized spacial score (nSPS) is 12.5. The molecule has 2 aromatic rings. The third-order valence-corrected chi connectivity index (χ3v) is 4.18. The molecule has 1 aromatic heterocycles. The van der Waals surface area contributed by atoms with Gasteiger partial charge in [-0.25, -0.2) is 9.18 Å². The number of thiophene rings is 1. The molecule has 0 fully saturated rings. The molecule has 0 radical (unpaired) electrons. The van der Waals surface area contributed by atoms with Crippen molar-refractivity contribution in [1.82, 2.24) is 5.06 Å². The van der Waals surface area contributed by atoms with Crippen LogP contribution in [0.15, 0.2) is 42.5 Å². The number of nitrogens with zero attached hydrogens (tertiary/aromatic N) is 1. The molecule has 0 saturated heterocycles. The van der Waals surface area contributed by atoms with Crippen molar-refractivity contribution in [3.8, 4) is 0 Å². The Balaban J connectivity index is 1.99. The van der Waals surface area contributed by atoms with Crippen LogP contribution in [-0.4, -0.2) is 22.3 Å². The highest BCUT2D eigenvalue weighted by atomic mass is 32.1. The lowest BCUT2D eigenvalue weighted by molar-refractivity contribution is -0.0560. The average Bonchev–Trinajstić information content (AvgIpc) is 2.94. The number of carbonyl (C=O) groups is 1. The van der Waals surface area contributed by atoms with Gasteiger partial charge in [0.05, 0.1) is 6.04 Å². The number of carbonyl (C=O) groups excluding carboxylic acids is 1. The summed E-state index contributed by atoms with van der Waals surface area (Å²) in [6.45, 7) is 1.66. The maximum absolute atomic E-state index is 12.9. The maximum Gasteiger partial charge on any atom is 0.339 e. The van der Waals surface area contributed by atoms with E-state index in [4.69, 9.17) is 5.73 Å². The van der Waals surface area contributed by atoms with Crippen molar-refractivity contribution in [3.63, 3.8) is 0 Å². The molecule has 116 valence electrons. The summed E-state index contributed by atoms with van der Waals surface area (Å²) in [5.74, 6) is -0.240. The molecule has 0 aliphatic heterocycles. The van der Waals surface area contributed by atoms with Gasteiger partial charge < -0.3 is 5.73 Å². The monoisotopic (exact) mass is 320 g/mol. The number of primary amides is 1. The Bertz CT molecular complexity index is 667. The van der Waals surface area contributed by atoms with Crippen LogP contribution in [0, 0.1) is 5.82 Å². The molecule has 2 rings (SSSR count). The van der Waals surface area contributed by atoms with Gasteiger partial charge in [-0.15, -0.1) is 11.3 Å². The first kappa shape index (κ1) is 16.2. The van der Waals surface area contributed by atoms with Crippen LogP contribution in [0.25, 0.3) is 6.08 Å². The number of urea groups is 1. The SMILES string of the molecule is CC(/C=C/c1ccc(Cc2ccc(F)cc2)s1)N(O)C(N)=O. The number of hydrogen-bond acceptors (Lipinski definition) is 3. The third-order valence-electron chi connectivity index (χ3n) is 3.12. The zero-order valence-electron chi connectivity index (χ0n) is 12.1. The summed E-state index contributed by atoms with van der Waals surface area (Å²) in [7, 11) is 0. The van der Waals surface area contributed by atoms with Crippen molar-refractivity contribution in [2.75, 3.05) is 0 Å². The van der Waals surface area contributed by atoms with E-state index in [-0.39, 0.29) is 5.82 Å². The molecule has 3 N–H and O–H groups in total. The van der Waals surface area contributed by atoms with E-state index < -0.39 is 12.1 Å². The van der Waals surface area contributed by atoms with Gasteiger partial charge in [0.1, 0.15) is 5.82 Å². The molecule has 1 atom stereocenters. The standard InChI is InChI=1S/C16H17FN2O2S/c1-11(19(21)16(18)20)2-7-14-8-9-15(22-14)10-12-3-5-13(17)6-4-12/h2-9,11,21H,10H2,1H3,(H2,18,20)/b7-2+. The van der Waals surface area contributed by atoms with Crippen molar-refractivity contribution in [3.05, 3.63) is 63.6 Å². The summed E-state index contributed by atoms with van der Waals surface area (Å²) < 4.78 is 12.9. The largest absolute Gasteiger partial charge is 0.350 e. The van der Waals surface area contributed by atoms with Gasteiger partial charge in [0.2, 0.25) is 0 Å². The van der Waals surface area contributed by atoms with Crippen LogP contribution >= 0.6 is 11.3 Å². The van der Waals surface area contributed by atoms with Crippen LogP contribution < -0.4 is 5.73 Å². The molecule has 1 aromatic carbocycles. The highest BCUT2D eigenvalue weighted by Crippen LogP contribution is 2.21. The third kappa shape index (κ3) is 4.41. The summed E-state index contributed by atoms with van der Waals surface area (Å²) in [5.41, 5.74) is 6.03. The Morgan fingerprint density at radius 1 is 1.36 bits per heavy atom. The van der Waals surface area contributed by atoms with E-state index in [1.54, 1.807) is 36.5 Å². The summed E-state index contributed by atoms with van der Waals surface area (Å²) in [6, 6.07) is 9.00. The van der Waals surface area contributed by atoms with Gasteiger partial charge in [0.15, 0.2) is 0 Å². The zero-order valence-corrected chi connectivity index (χ0v) is 12.9. The highest BCUT2D eigenvalue weighted by Gasteiger charge is 2.11. The number of nitrogens with two attached hydrogens (primary N) is 1. The predicted octanol–water partition coefficient (Wildman–Crippen LogP) is 3.65. The van der Waals surface area contributed by atoms with Crippen LogP contribution in [0.1, 0.15) is 22.2 Å². The molecular formula is C16H17FN2O2S. The molecule has 0 saturated carbocycles. The molecule has 6 heteroatoms.